The summed E-state index contributed by atoms with van der Waals surface area (Å²) >= 11 is 0. The zero-order valence-corrected chi connectivity index (χ0v) is 21.3. The fourth-order valence-electron chi connectivity index (χ4n) is 4.72. The van der Waals surface area contributed by atoms with E-state index in [9.17, 15) is 4.79 Å². The maximum atomic E-state index is 13.8. The Kier molecular flexibility index (Phi) is 7.58. The fourth-order valence-corrected chi connectivity index (χ4v) is 4.72. The van der Waals surface area contributed by atoms with Gasteiger partial charge in [-0.15, -0.1) is 5.10 Å². The first-order valence-corrected chi connectivity index (χ1v) is 12.1. The van der Waals surface area contributed by atoms with Gasteiger partial charge in [-0.25, -0.2) is 9.48 Å². The van der Waals surface area contributed by atoms with Gasteiger partial charge >= 0.3 is 6.03 Å². The van der Waals surface area contributed by atoms with E-state index >= 15 is 0 Å². The molecule has 1 aliphatic rings. The monoisotopic (exact) mass is 477 g/mol. The lowest BCUT2D eigenvalue weighted by molar-refractivity contribution is 0.140. The van der Waals surface area contributed by atoms with Crippen LogP contribution in [0.2, 0.25) is 0 Å². The van der Waals surface area contributed by atoms with Crippen molar-refractivity contribution in [2.24, 2.45) is 7.05 Å². The largest absolute Gasteiger partial charge is 0.497 e. The number of methoxy groups -OCH3 is 2. The van der Waals surface area contributed by atoms with Gasteiger partial charge < -0.3 is 19.3 Å². The Labute approximate surface area is 207 Å². The number of aromatic nitrogens is 3. The number of benzene rings is 2. The number of carbonyl (C=O) groups excluding carboxylic acids is 1. The summed E-state index contributed by atoms with van der Waals surface area (Å²) in [6.07, 6.45) is 4.42. The summed E-state index contributed by atoms with van der Waals surface area (Å²) < 4.78 is 12.7. The highest BCUT2D eigenvalue weighted by atomic mass is 16.5. The quantitative estimate of drug-likeness (QED) is 0.466. The predicted molar refractivity (Wildman–Crippen MR) is 135 cm³/mol. The van der Waals surface area contributed by atoms with Crippen LogP contribution in [0.1, 0.15) is 42.5 Å². The van der Waals surface area contributed by atoms with Crippen LogP contribution in [-0.4, -0.2) is 58.1 Å². The van der Waals surface area contributed by atoms with Crippen molar-refractivity contribution in [1.29, 1.82) is 0 Å². The molecule has 1 aliphatic carbocycles. The summed E-state index contributed by atoms with van der Waals surface area (Å²) in [6, 6.07) is 14.2. The van der Waals surface area contributed by atoms with Crippen LogP contribution < -0.4 is 9.47 Å². The van der Waals surface area contributed by atoms with Crippen molar-refractivity contribution in [2.45, 2.75) is 51.7 Å². The molecule has 0 aliphatic heterocycles. The lowest BCUT2D eigenvalue weighted by atomic mass is 10.1. The maximum Gasteiger partial charge on any atom is 0.320 e. The average molecular weight is 478 g/mol. The molecule has 3 aromatic rings. The molecule has 1 heterocycles. The topological polar surface area (TPSA) is 72.7 Å². The van der Waals surface area contributed by atoms with Crippen molar-refractivity contribution in [2.75, 3.05) is 21.3 Å². The molecule has 1 saturated carbocycles. The summed E-state index contributed by atoms with van der Waals surface area (Å²) in [7, 11) is 7.05. The number of aryl methyl sites for hydroxylation is 2. The predicted octanol–water partition coefficient (Wildman–Crippen LogP) is 4.80. The van der Waals surface area contributed by atoms with Crippen LogP contribution in [0.25, 0.3) is 11.3 Å². The number of ether oxygens (including phenoxy) is 2. The number of nitrogens with zero attached hydrogens (tertiary/aromatic N) is 5. The second-order valence-electron chi connectivity index (χ2n) is 9.24. The Bertz CT molecular complexity index is 1150. The summed E-state index contributed by atoms with van der Waals surface area (Å²) in [5.74, 6) is 1.40. The third-order valence-corrected chi connectivity index (χ3v) is 6.91. The second kappa shape index (κ2) is 10.8. The molecule has 2 aromatic carbocycles. The molecule has 0 unspecified atom stereocenters. The van der Waals surface area contributed by atoms with E-state index in [1.54, 1.807) is 18.9 Å². The van der Waals surface area contributed by atoms with E-state index in [4.69, 9.17) is 9.47 Å². The number of carbonyl (C=O) groups is 1. The van der Waals surface area contributed by atoms with Gasteiger partial charge in [0.25, 0.3) is 0 Å². The molecule has 2 amide bonds. The van der Waals surface area contributed by atoms with Crippen molar-refractivity contribution in [3.05, 3.63) is 59.3 Å². The Balaban J connectivity index is 1.68. The molecule has 35 heavy (non-hydrogen) atoms. The Hall–Kier alpha value is -3.55. The first-order valence-electron chi connectivity index (χ1n) is 12.1. The summed E-state index contributed by atoms with van der Waals surface area (Å²) in [5, 5.41) is 8.72. The van der Waals surface area contributed by atoms with E-state index in [1.807, 2.05) is 54.2 Å². The van der Waals surface area contributed by atoms with Crippen LogP contribution in [0.5, 0.6) is 11.5 Å². The standard InChI is InChI=1S/C27H35N5O3/c1-19-10-12-20(13-11-19)26-24(31(3)29-28-26)18-32(27(33)30(2)22-8-6-7-9-22)17-21-14-15-23(34-4)16-25(21)35-5/h10-16,22H,6-9,17-18H2,1-5H3. The molecule has 0 bridgehead atoms. The van der Waals surface area contributed by atoms with E-state index in [1.165, 1.54) is 5.56 Å². The highest BCUT2D eigenvalue weighted by Gasteiger charge is 2.29. The molecule has 4 rings (SSSR count). The molecule has 0 spiro atoms. The molecule has 186 valence electrons. The van der Waals surface area contributed by atoms with Crippen LogP contribution in [-0.2, 0) is 20.1 Å². The molecule has 0 saturated heterocycles. The van der Waals surface area contributed by atoms with Gasteiger partial charge in [-0.05, 0) is 31.9 Å². The van der Waals surface area contributed by atoms with Crippen LogP contribution in [0.4, 0.5) is 4.79 Å². The molecule has 8 heteroatoms. The van der Waals surface area contributed by atoms with Gasteiger partial charge in [0.05, 0.1) is 33.0 Å². The molecular formula is C27H35N5O3. The van der Waals surface area contributed by atoms with Crippen molar-refractivity contribution in [3.8, 4) is 22.8 Å². The van der Waals surface area contributed by atoms with Crippen molar-refractivity contribution in [3.63, 3.8) is 0 Å². The van der Waals surface area contributed by atoms with Crippen molar-refractivity contribution in [1.82, 2.24) is 24.8 Å². The molecule has 0 N–H and O–H groups in total. The smallest absolute Gasteiger partial charge is 0.320 e. The fraction of sp³-hybridized carbons (Fsp3) is 0.444. The zero-order valence-electron chi connectivity index (χ0n) is 21.3. The third-order valence-electron chi connectivity index (χ3n) is 6.91. The van der Waals surface area contributed by atoms with Gasteiger partial charge in [-0.2, -0.15) is 0 Å². The van der Waals surface area contributed by atoms with Gasteiger partial charge in [-0.1, -0.05) is 47.9 Å². The van der Waals surface area contributed by atoms with Crippen LogP contribution in [0.3, 0.4) is 0 Å². The third kappa shape index (κ3) is 5.42. The Morgan fingerprint density at radius 3 is 2.43 bits per heavy atom. The van der Waals surface area contributed by atoms with Crippen molar-refractivity contribution >= 4 is 6.03 Å². The minimum Gasteiger partial charge on any atom is -0.497 e. The zero-order chi connectivity index (χ0) is 24.9. The Morgan fingerprint density at radius 2 is 1.77 bits per heavy atom. The SMILES string of the molecule is COc1ccc(CN(Cc2c(-c3ccc(C)cc3)nnn2C)C(=O)N(C)C2CCCC2)c(OC)c1. The molecule has 1 aromatic heterocycles. The number of urea groups is 1. The average Bonchev–Trinajstić information content (AvgIpc) is 3.54. The van der Waals surface area contributed by atoms with Crippen LogP contribution in [0.15, 0.2) is 42.5 Å². The lowest BCUT2D eigenvalue weighted by Gasteiger charge is -2.32. The molecule has 8 nitrogen and oxygen atoms in total. The molecule has 0 radical (unpaired) electrons. The molecule has 0 atom stereocenters. The molecule has 1 fully saturated rings. The Morgan fingerprint density at radius 1 is 1.06 bits per heavy atom. The van der Waals surface area contributed by atoms with E-state index < -0.39 is 0 Å². The minimum atomic E-state index is -0.00849. The maximum absolute atomic E-state index is 13.8. The van der Waals surface area contributed by atoms with E-state index in [2.05, 4.69) is 29.4 Å². The number of hydrogen-bond acceptors (Lipinski definition) is 5. The first kappa shape index (κ1) is 24.6. The summed E-state index contributed by atoms with van der Waals surface area (Å²) in [4.78, 5) is 17.6. The minimum absolute atomic E-state index is 0.00849. The van der Waals surface area contributed by atoms with Gasteiger partial charge in [0.15, 0.2) is 0 Å². The lowest BCUT2D eigenvalue weighted by Crippen LogP contribution is -2.44. The van der Waals surface area contributed by atoms with E-state index in [-0.39, 0.29) is 12.1 Å². The summed E-state index contributed by atoms with van der Waals surface area (Å²) in [5.41, 5.74) is 4.75. The normalized spacial score (nSPS) is 13.6. The van der Waals surface area contributed by atoms with Crippen LogP contribution >= 0.6 is 0 Å². The number of hydrogen-bond donors (Lipinski definition) is 0. The van der Waals surface area contributed by atoms with Crippen molar-refractivity contribution < 1.29 is 14.3 Å². The first-order chi connectivity index (χ1) is 16.9. The molecular weight excluding hydrogens is 442 g/mol. The second-order valence-corrected chi connectivity index (χ2v) is 9.24. The van der Waals surface area contributed by atoms with E-state index in [0.29, 0.717) is 24.6 Å². The van der Waals surface area contributed by atoms with Gasteiger partial charge in [0, 0.05) is 37.3 Å². The number of rotatable bonds is 8. The highest BCUT2D eigenvalue weighted by Crippen LogP contribution is 2.30. The van der Waals surface area contributed by atoms with Gasteiger partial charge in [0.2, 0.25) is 0 Å². The van der Waals surface area contributed by atoms with Crippen LogP contribution in [0, 0.1) is 6.92 Å². The van der Waals surface area contributed by atoms with Gasteiger partial charge in [-0.3, -0.25) is 0 Å². The number of amides is 2. The van der Waals surface area contributed by atoms with Gasteiger partial charge in [0.1, 0.15) is 17.2 Å². The summed E-state index contributed by atoms with van der Waals surface area (Å²) in [6.45, 7) is 2.82. The highest BCUT2D eigenvalue weighted by molar-refractivity contribution is 5.75. The van der Waals surface area contributed by atoms with E-state index in [0.717, 1.165) is 48.2 Å².